The molecule has 0 aliphatic carbocycles. The van der Waals surface area contributed by atoms with E-state index in [9.17, 15) is 0 Å². The zero-order valence-corrected chi connectivity index (χ0v) is 13.7. The van der Waals surface area contributed by atoms with E-state index in [-0.39, 0.29) is 0 Å². The first-order valence-corrected chi connectivity index (χ1v) is 7.58. The summed E-state index contributed by atoms with van der Waals surface area (Å²) in [6.07, 6.45) is 1.79. The molecule has 21 heavy (non-hydrogen) atoms. The van der Waals surface area contributed by atoms with Crippen LogP contribution < -0.4 is 11.1 Å². The summed E-state index contributed by atoms with van der Waals surface area (Å²) in [5.74, 6) is 0. The molecule has 0 radical (unpaired) electrons. The van der Waals surface area contributed by atoms with Crippen molar-refractivity contribution in [3.8, 4) is 0 Å². The highest BCUT2D eigenvalue weighted by atomic mass is 79.9. The van der Waals surface area contributed by atoms with Crippen LogP contribution in [0.1, 0.15) is 5.56 Å². The molecular formula is C16H13BrClN3. The number of nitrogens with two attached hydrogens (primary N) is 1. The lowest BCUT2D eigenvalue weighted by molar-refractivity contribution is 1.37. The van der Waals surface area contributed by atoms with Crippen molar-refractivity contribution in [2.24, 2.45) is 0 Å². The van der Waals surface area contributed by atoms with Crippen molar-refractivity contribution in [2.45, 2.75) is 6.92 Å². The minimum absolute atomic E-state index is 0.541. The monoisotopic (exact) mass is 361 g/mol. The Bertz CT molecular complexity index is 833. The molecule has 0 saturated heterocycles. The number of anilines is 3. The number of aromatic nitrogens is 1. The molecule has 0 saturated carbocycles. The molecule has 0 aliphatic rings. The van der Waals surface area contributed by atoms with Gasteiger partial charge in [-0.1, -0.05) is 23.7 Å². The number of pyridine rings is 1. The Labute approximate surface area is 136 Å². The summed E-state index contributed by atoms with van der Waals surface area (Å²) in [6, 6.07) is 11.8. The van der Waals surface area contributed by atoms with Gasteiger partial charge in [0.1, 0.15) is 0 Å². The molecular weight excluding hydrogens is 350 g/mol. The van der Waals surface area contributed by atoms with Gasteiger partial charge in [0.15, 0.2) is 0 Å². The Morgan fingerprint density at radius 2 is 2.00 bits per heavy atom. The SMILES string of the molecule is Cc1cc(N)c(Cl)cc1Nc1cccc2cc(Br)cnc12. The van der Waals surface area contributed by atoms with E-state index in [1.807, 2.05) is 43.3 Å². The summed E-state index contributed by atoms with van der Waals surface area (Å²) in [4.78, 5) is 4.48. The molecule has 0 amide bonds. The van der Waals surface area contributed by atoms with E-state index in [2.05, 4.69) is 26.2 Å². The molecule has 0 fully saturated rings. The molecule has 2 aromatic carbocycles. The van der Waals surface area contributed by atoms with E-state index in [0.717, 1.165) is 32.3 Å². The van der Waals surface area contributed by atoms with Crippen molar-refractivity contribution in [1.82, 2.24) is 4.98 Å². The van der Waals surface area contributed by atoms with Gasteiger partial charge in [-0.15, -0.1) is 0 Å². The average molecular weight is 363 g/mol. The number of hydrogen-bond acceptors (Lipinski definition) is 3. The Balaban J connectivity index is 2.08. The fourth-order valence-corrected chi connectivity index (χ4v) is 2.73. The van der Waals surface area contributed by atoms with Gasteiger partial charge in [-0.3, -0.25) is 4.98 Å². The van der Waals surface area contributed by atoms with Gasteiger partial charge < -0.3 is 11.1 Å². The Hall–Kier alpha value is -1.78. The summed E-state index contributed by atoms with van der Waals surface area (Å²) in [5, 5.41) is 4.99. The van der Waals surface area contributed by atoms with Crippen LogP contribution in [0.15, 0.2) is 47.1 Å². The van der Waals surface area contributed by atoms with Gasteiger partial charge in [-0.2, -0.15) is 0 Å². The molecule has 0 unspecified atom stereocenters. The first-order valence-electron chi connectivity index (χ1n) is 6.41. The first kappa shape index (κ1) is 14.2. The second kappa shape index (κ2) is 5.54. The highest BCUT2D eigenvalue weighted by molar-refractivity contribution is 9.10. The van der Waals surface area contributed by atoms with Gasteiger partial charge in [0.05, 0.1) is 21.9 Å². The number of halogens is 2. The molecule has 0 atom stereocenters. The van der Waals surface area contributed by atoms with Gasteiger partial charge in [0.2, 0.25) is 0 Å². The van der Waals surface area contributed by atoms with Gasteiger partial charge in [-0.05, 0) is 52.7 Å². The fraction of sp³-hybridized carbons (Fsp3) is 0.0625. The second-order valence-electron chi connectivity index (χ2n) is 4.84. The number of hydrogen-bond donors (Lipinski definition) is 2. The molecule has 106 valence electrons. The number of benzene rings is 2. The maximum atomic E-state index is 6.10. The van der Waals surface area contributed by atoms with E-state index >= 15 is 0 Å². The normalized spacial score (nSPS) is 10.8. The summed E-state index contributed by atoms with van der Waals surface area (Å²) < 4.78 is 0.957. The number of rotatable bonds is 2. The van der Waals surface area contributed by atoms with Crippen LogP contribution in [0.2, 0.25) is 5.02 Å². The molecule has 1 heterocycles. The van der Waals surface area contributed by atoms with Crippen LogP contribution in [-0.4, -0.2) is 4.98 Å². The fourth-order valence-electron chi connectivity index (χ4n) is 2.22. The number of aryl methyl sites for hydroxylation is 1. The average Bonchev–Trinajstić information content (AvgIpc) is 2.44. The van der Waals surface area contributed by atoms with Gasteiger partial charge >= 0.3 is 0 Å². The molecule has 3 nitrogen and oxygen atoms in total. The van der Waals surface area contributed by atoms with Gasteiger partial charge in [0.25, 0.3) is 0 Å². The van der Waals surface area contributed by atoms with Gasteiger partial charge in [0, 0.05) is 21.7 Å². The maximum Gasteiger partial charge on any atom is 0.0937 e. The maximum absolute atomic E-state index is 6.10. The quantitative estimate of drug-likeness (QED) is 0.609. The molecule has 0 spiro atoms. The summed E-state index contributed by atoms with van der Waals surface area (Å²) in [6.45, 7) is 1.99. The summed E-state index contributed by atoms with van der Waals surface area (Å²) in [5.41, 5.74) is 10.2. The van der Waals surface area contributed by atoms with E-state index in [1.54, 1.807) is 6.20 Å². The van der Waals surface area contributed by atoms with Crippen molar-refractivity contribution in [1.29, 1.82) is 0 Å². The highest BCUT2D eigenvalue weighted by Crippen LogP contribution is 2.31. The van der Waals surface area contributed by atoms with E-state index in [4.69, 9.17) is 17.3 Å². The Morgan fingerprint density at radius 1 is 1.19 bits per heavy atom. The zero-order chi connectivity index (χ0) is 15.0. The largest absolute Gasteiger partial charge is 0.398 e. The molecule has 3 aromatic rings. The molecule has 0 bridgehead atoms. The molecule has 3 rings (SSSR count). The Kier molecular flexibility index (Phi) is 3.74. The summed E-state index contributed by atoms with van der Waals surface area (Å²) in [7, 11) is 0. The third-order valence-electron chi connectivity index (χ3n) is 3.29. The molecule has 3 N–H and O–H groups in total. The van der Waals surface area contributed by atoms with Crippen LogP contribution in [0.5, 0.6) is 0 Å². The zero-order valence-electron chi connectivity index (χ0n) is 11.3. The lowest BCUT2D eigenvalue weighted by atomic mass is 10.1. The van der Waals surface area contributed by atoms with Crippen molar-refractivity contribution in [3.63, 3.8) is 0 Å². The van der Waals surface area contributed by atoms with E-state index < -0.39 is 0 Å². The predicted molar refractivity (Wildman–Crippen MR) is 93.3 cm³/mol. The minimum Gasteiger partial charge on any atom is -0.398 e. The topological polar surface area (TPSA) is 50.9 Å². The molecule has 5 heteroatoms. The first-order chi connectivity index (χ1) is 10.0. The van der Waals surface area contributed by atoms with Crippen molar-refractivity contribution in [2.75, 3.05) is 11.1 Å². The van der Waals surface area contributed by atoms with E-state index in [1.165, 1.54) is 0 Å². The predicted octanol–water partition coefficient (Wildman–Crippen LogP) is 5.28. The van der Waals surface area contributed by atoms with Crippen molar-refractivity contribution >= 4 is 55.5 Å². The standard InChI is InChI=1S/C16H13BrClN3/c1-9-5-13(19)12(18)7-15(9)21-14-4-2-3-10-6-11(17)8-20-16(10)14/h2-8,21H,19H2,1H3. The van der Waals surface area contributed by atoms with Crippen LogP contribution in [0.4, 0.5) is 17.1 Å². The number of nitrogens with zero attached hydrogens (tertiary/aromatic N) is 1. The third kappa shape index (κ3) is 2.82. The molecule has 0 aliphatic heterocycles. The number of nitrogen functional groups attached to an aromatic ring is 1. The van der Waals surface area contributed by atoms with Crippen LogP contribution in [0.3, 0.4) is 0 Å². The lowest BCUT2D eigenvalue weighted by Gasteiger charge is -2.13. The second-order valence-corrected chi connectivity index (χ2v) is 6.17. The highest BCUT2D eigenvalue weighted by Gasteiger charge is 2.07. The minimum atomic E-state index is 0.541. The number of fused-ring (bicyclic) bond motifs is 1. The number of nitrogens with one attached hydrogen (secondary N) is 1. The smallest absolute Gasteiger partial charge is 0.0937 e. The van der Waals surface area contributed by atoms with Crippen molar-refractivity contribution < 1.29 is 0 Å². The lowest BCUT2D eigenvalue weighted by Crippen LogP contribution is -1.97. The van der Waals surface area contributed by atoms with Crippen LogP contribution in [-0.2, 0) is 0 Å². The Morgan fingerprint density at radius 3 is 2.81 bits per heavy atom. The van der Waals surface area contributed by atoms with Crippen LogP contribution >= 0.6 is 27.5 Å². The number of para-hydroxylation sites is 1. The van der Waals surface area contributed by atoms with E-state index in [0.29, 0.717) is 10.7 Å². The summed E-state index contributed by atoms with van der Waals surface area (Å²) >= 11 is 9.54. The van der Waals surface area contributed by atoms with Crippen LogP contribution in [0.25, 0.3) is 10.9 Å². The van der Waals surface area contributed by atoms with Gasteiger partial charge in [-0.25, -0.2) is 0 Å². The van der Waals surface area contributed by atoms with Crippen molar-refractivity contribution in [3.05, 3.63) is 57.7 Å². The third-order valence-corrected chi connectivity index (χ3v) is 4.05. The van der Waals surface area contributed by atoms with Crippen LogP contribution in [0, 0.1) is 6.92 Å². The molecule has 1 aromatic heterocycles.